The highest BCUT2D eigenvalue weighted by atomic mass is 32.2. The van der Waals surface area contributed by atoms with Gasteiger partial charge in [-0.1, -0.05) is 26.0 Å². The minimum absolute atomic E-state index is 0.580. The first-order valence-electron chi connectivity index (χ1n) is 5.73. The molecule has 0 aliphatic heterocycles. The van der Waals surface area contributed by atoms with E-state index in [9.17, 15) is 0 Å². The highest BCUT2D eigenvalue weighted by Crippen LogP contribution is 2.28. The molecule has 0 aliphatic carbocycles. The van der Waals surface area contributed by atoms with E-state index in [2.05, 4.69) is 31.3 Å². The van der Waals surface area contributed by atoms with Crippen molar-refractivity contribution in [2.75, 3.05) is 19.4 Å². The van der Waals surface area contributed by atoms with Gasteiger partial charge in [-0.2, -0.15) is 0 Å². The molecule has 0 bridgehead atoms. The monoisotopic (exact) mass is 239 g/mol. The molecule has 0 saturated heterocycles. The number of hydrogen-bond donors (Lipinski definition) is 1. The third kappa shape index (κ3) is 4.90. The fraction of sp³-hybridized carbons (Fsp3) is 0.538. The maximum atomic E-state index is 5.30. The summed E-state index contributed by atoms with van der Waals surface area (Å²) in [5.74, 6) is 2.10. The summed E-state index contributed by atoms with van der Waals surface area (Å²) in [4.78, 5) is 1.23. The van der Waals surface area contributed by atoms with Gasteiger partial charge in [0, 0.05) is 10.9 Å². The van der Waals surface area contributed by atoms with Crippen LogP contribution in [0.1, 0.15) is 20.3 Å². The van der Waals surface area contributed by atoms with Crippen LogP contribution in [0.3, 0.4) is 0 Å². The predicted molar refractivity (Wildman–Crippen MR) is 71.5 cm³/mol. The van der Waals surface area contributed by atoms with Gasteiger partial charge >= 0.3 is 0 Å². The van der Waals surface area contributed by atoms with Crippen LogP contribution in [0.25, 0.3) is 0 Å². The molecule has 0 radical (unpaired) electrons. The molecule has 1 aromatic carbocycles. The van der Waals surface area contributed by atoms with Gasteiger partial charge in [0.2, 0.25) is 0 Å². The van der Waals surface area contributed by atoms with Crippen molar-refractivity contribution < 1.29 is 4.74 Å². The fourth-order valence-corrected chi connectivity index (χ4v) is 2.36. The van der Waals surface area contributed by atoms with Gasteiger partial charge < -0.3 is 10.1 Å². The van der Waals surface area contributed by atoms with E-state index < -0.39 is 0 Å². The number of benzene rings is 1. The first-order chi connectivity index (χ1) is 7.74. The van der Waals surface area contributed by atoms with Crippen molar-refractivity contribution >= 4 is 11.8 Å². The maximum Gasteiger partial charge on any atom is 0.132 e. The van der Waals surface area contributed by atoms with Crippen LogP contribution in [0.4, 0.5) is 0 Å². The zero-order valence-electron chi connectivity index (χ0n) is 10.3. The van der Waals surface area contributed by atoms with E-state index in [-0.39, 0.29) is 0 Å². The van der Waals surface area contributed by atoms with E-state index in [4.69, 9.17) is 4.74 Å². The Morgan fingerprint density at radius 2 is 2.06 bits per heavy atom. The zero-order valence-corrected chi connectivity index (χ0v) is 11.1. The molecule has 0 atom stereocenters. The van der Waals surface area contributed by atoms with Crippen molar-refractivity contribution in [2.24, 2.45) is 0 Å². The molecule has 90 valence electrons. The Balaban J connectivity index is 2.26. The quantitative estimate of drug-likeness (QED) is 0.583. The molecule has 0 amide bonds. The van der Waals surface area contributed by atoms with Crippen molar-refractivity contribution in [1.82, 2.24) is 5.32 Å². The van der Waals surface area contributed by atoms with Crippen LogP contribution < -0.4 is 10.1 Å². The van der Waals surface area contributed by atoms with Gasteiger partial charge in [0.25, 0.3) is 0 Å². The van der Waals surface area contributed by atoms with Crippen LogP contribution in [0.5, 0.6) is 5.75 Å². The Morgan fingerprint density at radius 1 is 1.31 bits per heavy atom. The van der Waals surface area contributed by atoms with Crippen LogP contribution in [-0.2, 0) is 0 Å². The van der Waals surface area contributed by atoms with Gasteiger partial charge in [-0.3, -0.25) is 0 Å². The summed E-state index contributed by atoms with van der Waals surface area (Å²) >= 11 is 1.86. The second-order valence-electron chi connectivity index (χ2n) is 3.96. The molecule has 0 aromatic heterocycles. The Morgan fingerprint density at radius 3 is 2.75 bits per heavy atom. The average Bonchev–Trinajstić information content (AvgIpc) is 2.29. The summed E-state index contributed by atoms with van der Waals surface area (Å²) in [5.41, 5.74) is 0. The van der Waals surface area contributed by atoms with E-state index >= 15 is 0 Å². The highest BCUT2D eigenvalue weighted by Gasteiger charge is 2.01. The summed E-state index contributed by atoms with van der Waals surface area (Å²) in [7, 11) is 1.72. The summed E-state index contributed by atoms with van der Waals surface area (Å²) in [6.07, 6.45) is 1.18. The molecule has 1 rings (SSSR count). The fourth-order valence-electron chi connectivity index (χ4n) is 1.38. The van der Waals surface area contributed by atoms with Gasteiger partial charge in [-0.05, 0) is 30.9 Å². The molecule has 0 fully saturated rings. The average molecular weight is 239 g/mol. The lowest BCUT2D eigenvalue weighted by Crippen LogP contribution is -2.23. The van der Waals surface area contributed by atoms with E-state index in [1.165, 1.54) is 11.3 Å². The molecule has 1 N–H and O–H groups in total. The van der Waals surface area contributed by atoms with Crippen molar-refractivity contribution in [1.29, 1.82) is 0 Å². The molecular weight excluding hydrogens is 218 g/mol. The first-order valence-corrected chi connectivity index (χ1v) is 6.72. The number of methoxy groups -OCH3 is 1. The summed E-state index contributed by atoms with van der Waals surface area (Å²) < 4.78 is 5.30. The van der Waals surface area contributed by atoms with Crippen LogP contribution in [0.15, 0.2) is 29.2 Å². The lowest BCUT2D eigenvalue weighted by atomic mass is 10.3. The largest absolute Gasteiger partial charge is 0.496 e. The topological polar surface area (TPSA) is 21.3 Å². The van der Waals surface area contributed by atoms with Crippen LogP contribution in [0, 0.1) is 0 Å². The van der Waals surface area contributed by atoms with Crippen LogP contribution in [0.2, 0.25) is 0 Å². The highest BCUT2D eigenvalue weighted by molar-refractivity contribution is 7.99. The first kappa shape index (κ1) is 13.4. The number of nitrogens with one attached hydrogen (secondary N) is 1. The van der Waals surface area contributed by atoms with E-state index in [1.54, 1.807) is 7.11 Å². The number of rotatable bonds is 7. The number of para-hydroxylation sites is 1. The van der Waals surface area contributed by atoms with E-state index in [0.717, 1.165) is 18.0 Å². The SMILES string of the molecule is COc1ccccc1SCCCNC(C)C. The molecule has 3 heteroatoms. The van der Waals surface area contributed by atoms with Gasteiger partial charge in [0.15, 0.2) is 0 Å². The van der Waals surface area contributed by atoms with Crippen molar-refractivity contribution in [3.63, 3.8) is 0 Å². The Kier molecular flexibility index (Phi) is 6.34. The predicted octanol–water partition coefficient (Wildman–Crippen LogP) is 3.18. The third-order valence-corrected chi connectivity index (χ3v) is 3.34. The minimum Gasteiger partial charge on any atom is -0.496 e. The van der Waals surface area contributed by atoms with Crippen LogP contribution in [-0.4, -0.2) is 25.4 Å². The molecule has 0 aliphatic rings. The molecular formula is C13H21NOS. The number of thioether (sulfide) groups is 1. The maximum absolute atomic E-state index is 5.30. The van der Waals surface area contributed by atoms with Crippen molar-refractivity contribution in [3.8, 4) is 5.75 Å². The van der Waals surface area contributed by atoms with Crippen molar-refractivity contribution in [3.05, 3.63) is 24.3 Å². The van der Waals surface area contributed by atoms with E-state index in [1.807, 2.05) is 23.9 Å². The standard InChI is InChI=1S/C13H21NOS/c1-11(2)14-9-6-10-16-13-8-5-4-7-12(13)15-3/h4-5,7-8,11,14H,6,9-10H2,1-3H3. The second kappa shape index (κ2) is 7.58. The Hall–Kier alpha value is -0.670. The molecule has 0 heterocycles. The molecule has 0 spiro atoms. The molecule has 16 heavy (non-hydrogen) atoms. The van der Waals surface area contributed by atoms with Gasteiger partial charge in [-0.15, -0.1) is 11.8 Å². The summed E-state index contributed by atoms with van der Waals surface area (Å²) in [6, 6.07) is 8.75. The Bertz CT molecular complexity index is 302. The molecule has 0 saturated carbocycles. The lowest BCUT2D eigenvalue weighted by Gasteiger charge is -2.09. The second-order valence-corrected chi connectivity index (χ2v) is 5.10. The molecule has 1 aromatic rings. The van der Waals surface area contributed by atoms with Crippen molar-refractivity contribution in [2.45, 2.75) is 31.2 Å². The molecule has 0 unspecified atom stereocenters. The number of hydrogen-bond acceptors (Lipinski definition) is 3. The number of ether oxygens (including phenoxy) is 1. The third-order valence-electron chi connectivity index (χ3n) is 2.20. The van der Waals surface area contributed by atoms with Gasteiger partial charge in [0.05, 0.1) is 7.11 Å². The minimum atomic E-state index is 0.580. The zero-order chi connectivity index (χ0) is 11.8. The summed E-state index contributed by atoms with van der Waals surface area (Å²) in [6.45, 7) is 5.43. The normalized spacial score (nSPS) is 10.8. The summed E-state index contributed by atoms with van der Waals surface area (Å²) in [5, 5.41) is 3.42. The molecule has 2 nitrogen and oxygen atoms in total. The van der Waals surface area contributed by atoms with Gasteiger partial charge in [0.1, 0.15) is 5.75 Å². The lowest BCUT2D eigenvalue weighted by molar-refractivity contribution is 0.405. The van der Waals surface area contributed by atoms with Gasteiger partial charge in [-0.25, -0.2) is 0 Å². The smallest absolute Gasteiger partial charge is 0.132 e. The van der Waals surface area contributed by atoms with E-state index in [0.29, 0.717) is 6.04 Å². The van der Waals surface area contributed by atoms with Crippen LogP contribution >= 0.6 is 11.8 Å². The Labute approximate surface area is 103 Å².